The second kappa shape index (κ2) is 8.69. The van der Waals surface area contributed by atoms with Crippen molar-refractivity contribution in [2.45, 2.75) is 41.0 Å². The Kier molecular flexibility index (Phi) is 5.80. The van der Waals surface area contributed by atoms with Crippen LogP contribution in [0.15, 0.2) is 18.5 Å². The minimum absolute atomic E-state index is 0.0734. The van der Waals surface area contributed by atoms with Crippen LogP contribution in [0.4, 0.5) is 5.82 Å². The van der Waals surface area contributed by atoms with Crippen LogP contribution < -0.4 is 10.6 Å². The molecule has 4 heterocycles. The predicted molar refractivity (Wildman–Crippen MR) is 119 cm³/mol. The third kappa shape index (κ3) is 4.41. The average Bonchev–Trinajstić information content (AvgIpc) is 3.30. The van der Waals surface area contributed by atoms with Gasteiger partial charge in [-0.05, 0) is 40.7 Å². The molecule has 4 aromatic heterocycles. The molecule has 0 fully saturated rings. The number of carbonyl (C=O) groups excluding carboxylic acids is 1. The molecule has 2 N–H and O–H groups in total. The number of aryl methyl sites for hydroxylation is 4. The maximum absolute atomic E-state index is 12.6. The van der Waals surface area contributed by atoms with Crippen LogP contribution in [0, 0.1) is 34.6 Å². The SMILES string of the molecule is Cc1cc(C)nc(-n2nc(C)c(CC(=O)NCCNc3cc(C)nc4ncnn34)c2C)n1. The smallest absolute Gasteiger partial charge is 0.254 e. The largest absolute Gasteiger partial charge is 0.368 e. The van der Waals surface area contributed by atoms with Crippen LogP contribution in [0.3, 0.4) is 0 Å². The molecular formula is C21H26N10O. The molecule has 4 rings (SSSR count). The highest BCUT2D eigenvalue weighted by Gasteiger charge is 2.17. The van der Waals surface area contributed by atoms with Crippen molar-refractivity contribution in [3.05, 3.63) is 52.5 Å². The second-order valence-electron chi connectivity index (χ2n) is 7.72. The third-order valence-corrected chi connectivity index (χ3v) is 5.07. The summed E-state index contributed by atoms with van der Waals surface area (Å²) in [6.07, 6.45) is 1.70. The first-order valence-electron chi connectivity index (χ1n) is 10.4. The van der Waals surface area contributed by atoms with E-state index in [-0.39, 0.29) is 12.3 Å². The summed E-state index contributed by atoms with van der Waals surface area (Å²) < 4.78 is 3.33. The lowest BCUT2D eigenvalue weighted by Crippen LogP contribution is -2.30. The molecule has 1 amide bonds. The molecule has 0 aliphatic rings. The van der Waals surface area contributed by atoms with Crippen molar-refractivity contribution in [2.24, 2.45) is 0 Å². The Balaban J connectivity index is 1.37. The van der Waals surface area contributed by atoms with Gasteiger partial charge in [-0.1, -0.05) is 0 Å². The van der Waals surface area contributed by atoms with Crippen LogP contribution in [0.25, 0.3) is 11.7 Å². The number of fused-ring (bicyclic) bond motifs is 1. The van der Waals surface area contributed by atoms with Crippen molar-refractivity contribution in [1.29, 1.82) is 0 Å². The summed E-state index contributed by atoms with van der Waals surface area (Å²) in [5.74, 6) is 1.76. The van der Waals surface area contributed by atoms with Gasteiger partial charge in [-0.15, -0.1) is 0 Å². The lowest BCUT2D eigenvalue weighted by Gasteiger charge is -2.10. The van der Waals surface area contributed by atoms with Gasteiger partial charge in [-0.3, -0.25) is 4.79 Å². The van der Waals surface area contributed by atoms with Gasteiger partial charge in [0.25, 0.3) is 11.7 Å². The first-order valence-corrected chi connectivity index (χ1v) is 10.4. The first kappa shape index (κ1) is 21.3. The topological polar surface area (TPSA) is 128 Å². The van der Waals surface area contributed by atoms with Gasteiger partial charge in [0.2, 0.25) is 5.91 Å². The van der Waals surface area contributed by atoms with E-state index in [4.69, 9.17) is 0 Å². The molecule has 32 heavy (non-hydrogen) atoms. The third-order valence-electron chi connectivity index (χ3n) is 5.07. The maximum atomic E-state index is 12.6. The molecule has 0 saturated carbocycles. The molecule has 0 aromatic carbocycles. The molecule has 166 valence electrons. The van der Waals surface area contributed by atoms with Crippen molar-refractivity contribution >= 4 is 17.5 Å². The second-order valence-corrected chi connectivity index (χ2v) is 7.72. The first-order chi connectivity index (χ1) is 15.3. The molecule has 0 saturated heterocycles. The molecule has 0 aliphatic heterocycles. The molecule has 0 unspecified atom stereocenters. The zero-order chi connectivity index (χ0) is 22.8. The highest BCUT2D eigenvalue weighted by atomic mass is 16.1. The summed E-state index contributed by atoms with van der Waals surface area (Å²) in [4.78, 5) is 29.9. The number of nitrogens with zero attached hydrogens (tertiary/aromatic N) is 8. The summed E-state index contributed by atoms with van der Waals surface area (Å²) in [6, 6.07) is 3.80. The molecule has 0 spiro atoms. The van der Waals surface area contributed by atoms with E-state index < -0.39 is 0 Å². The van der Waals surface area contributed by atoms with E-state index in [0.717, 1.165) is 39.9 Å². The van der Waals surface area contributed by atoms with Gasteiger partial charge in [0.15, 0.2) is 0 Å². The fraction of sp³-hybridized carbons (Fsp3) is 0.381. The lowest BCUT2D eigenvalue weighted by atomic mass is 10.1. The predicted octanol–water partition coefficient (Wildman–Crippen LogP) is 1.41. The molecule has 0 aliphatic carbocycles. The number of anilines is 1. The number of amides is 1. The Morgan fingerprint density at radius 2 is 1.69 bits per heavy atom. The Bertz CT molecular complexity index is 1270. The number of hydrogen-bond donors (Lipinski definition) is 2. The zero-order valence-corrected chi connectivity index (χ0v) is 18.8. The molecule has 4 aromatic rings. The Morgan fingerprint density at radius 1 is 0.969 bits per heavy atom. The van der Waals surface area contributed by atoms with Crippen molar-refractivity contribution in [3.63, 3.8) is 0 Å². The minimum atomic E-state index is -0.0734. The Morgan fingerprint density at radius 3 is 2.44 bits per heavy atom. The fourth-order valence-electron chi connectivity index (χ4n) is 3.60. The molecule has 0 atom stereocenters. The molecule has 11 heteroatoms. The van der Waals surface area contributed by atoms with E-state index in [1.54, 1.807) is 9.20 Å². The van der Waals surface area contributed by atoms with Gasteiger partial charge in [-0.25, -0.2) is 19.6 Å². The van der Waals surface area contributed by atoms with Gasteiger partial charge in [0, 0.05) is 47.5 Å². The number of rotatable bonds is 7. The summed E-state index contributed by atoms with van der Waals surface area (Å²) in [6.45, 7) is 10.6. The summed E-state index contributed by atoms with van der Waals surface area (Å²) in [5, 5.41) is 14.9. The highest BCUT2D eigenvalue weighted by molar-refractivity contribution is 5.79. The zero-order valence-electron chi connectivity index (χ0n) is 18.8. The number of nitrogens with one attached hydrogen (secondary N) is 2. The van der Waals surface area contributed by atoms with Gasteiger partial charge in [0.1, 0.15) is 12.1 Å². The molecular weight excluding hydrogens is 408 g/mol. The average molecular weight is 435 g/mol. The van der Waals surface area contributed by atoms with E-state index in [1.807, 2.05) is 46.8 Å². The molecule has 11 nitrogen and oxygen atoms in total. The number of carbonyl (C=O) groups is 1. The van der Waals surface area contributed by atoms with Crippen molar-refractivity contribution in [1.82, 2.24) is 44.6 Å². The van der Waals surface area contributed by atoms with E-state index >= 15 is 0 Å². The Hall–Kier alpha value is -3.89. The van der Waals surface area contributed by atoms with Gasteiger partial charge >= 0.3 is 0 Å². The number of hydrogen-bond acceptors (Lipinski definition) is 8. The summed E-state index contributed by atoms with van der Waals surface area (Å²) in [7, 11) is 0. The van der Waals surface area contributed by atoms with E-state index in [2.05, 4.69) is 40.8 Å². The van der Waals surface area contributed by atoms with Crippen molar-refractivity contribution in [3.8, 4) is 5.95 Å². The lowest BCUT2D eigenvalue weighted by molar-refractivity contribution is -0.120. The summed E-state index contributed by atoms with van der Waals surface area (Å²) >= 11 is 0. The standard InChI is InChI=1S/C21H26N10O/c1-12-8-13(2)28-21(27-12)30-16(5)17(15(4)29-30)10-19(32)23-7-6-22-18-9-14(3)26-20-24-11-25-31(18)20/h8-9,11,22H,6-7,10H2,1-5H3,(H,23,32). The van der Waals surface area contributed by atoms with Crippen LogP contribution in [-0.4, -0.2) is 58.3 Å². The van der Waals surface area contributed by atoms with E-state index in [1.165, 1.54) is 6.33 Å². The van der Waals surface area contributed by atoms with Gasteiger partial charge in [-0.2, -0.15) is 19.7 Å². The summed E-state index contributed by atoms with van der Waals surface area (Å²) in [5.41, 5.74) is 5.12. The maximum Gasteiger partial charge on any atom is 0.254 e. The van der Waals surface area contributed by atoms with Crippen molar-refractivity contribution < 1.29 is 4.79 Å². The van der Waals surface area contributed by atoms with Crippen LogP contribution in [0.1, 0.15) is 34.0 Å². The molecule has 0 radical (unpaired) electrons. The molecule has 0 bridgehead atoms. The van der Waals surface area contributed by atoms with Crippen LogP contribution in [-0.2, 0) is 11.2 Å². The number of aromatic nitrogens is 8. The monoisotopic (exact) mass is 434 g/mol. The fourth-order valence-corrected chi connectivity index (χ4v) is 3.60. The normalized spacial score (nSPS) is 11.2. The Labute approximate surface area is 185 Å². The van der Waals surface area contributed by atoms with Crippen LogP contribution in [0.2, 0.25) is 0 Å². The quantitative estimate of drug-likeness (QED) is 0.418. The van der Waals surface area contributed by atoms with E-state index in [9.17, 15) is 4.79 Å². The minimum Gasteiger partial charge on any atom is -0.368 e. The van der Waals surface area contributed by atoms with Crippen LogP contribution >= 0.6 is 0 Å². The highest BCUT2D eigenvalue weighted by Crippen LogP contribution is 2.17. The van der Waals surface area contributed by atoms with Crippen LogP contribution in [0.5, 0.6) is 0 Å². The van der Waals surface area contributed by atoms with E-state index in [0.29, 0.717) is 24.8 Å². The van der Waals surface area contributed by atoms with Crippen molar-refractivity contribution in [2.75, 3.05) is 18.4 Å². The van der Waals surface area contributed by atoms with Gasteiger partial charge < -0.3 is 10.6 Å². The van der Waals surface area contributed by atoms with Gasteiger partial charge in [0.05, 0.1) is 12.1 Å².